The van der Waals surface area contributed by atoms with E-state index in [1.165, 1.54) is 30.3 Å². The molecule has 2 aromatic rings. The van der Waals surface area contributed by atoms with Crippen LogP contribution < -0.4 is 5.32 Å². The van der Waals surface area contributed by atoms with Crippen LogP contribution in [0.5, 0.6) is 5.75 Å². The third-order valence-corrected chi connectivity index (χ3v) is 4.94. The number of anilines is 1. The van der Waals surface area contributed by atoms with Crippen LogP contribution in [-0.4, -0.2) is 15.2 Å². The fourth-order valence-corrected chi connectivity index (χ4v) is 3.40. The van der Waals surface area contributed by atoms with Crippen LogP contribution in [0.15, 0.2) is 52.3 Å². The zero-order valence-electron chi connectivity index (χ0n) is 13.4. The van der Waals surface area contributed by atoms with Gasteiger partial charge in [-0.25, -0.2) is 8.60 Å². The quantitative estimate of drug-likeness (QED) is 0.581. The van der Waals surface area contributed by atoms with Crippen molar-refractivity contribution in [2.24, 2.45) is 0 Å². The molecule has 0 aliphatic rings. The average Bonchev–Trinajstić information content (AvgIpc) is 2.57. The topological polar surface area (TPSA) is 66.4 Å². The largest absolute Gasteiger partial charge is 0.506 e. The molecule has 2 N–H and O–H groups in total. The molecule has 0 radical (unpaired) electrons. The molecule has 128 valence electrons. The second-order valence-corrected chi connectivity index (χ2v) is 6.83. The van der Waals surface area contributed by atoms with Crippen molar-refractivity contribution in [2.75, 3.05) is 5.32 Å². The zero-order valence-corrected chi connectivity index (χ0v) is 14.2. The van der Waals surface area contributed by atoms with Gasteiger partial charge in [-0.3, -0.25) is 4.79 Å². The van der Waals surface area contributed by atoms with E-state index in [4.69, 9.17) is 0 Å². The first-order chi connectivity index (χ1) is 11.5. The van der Waals surface area contributed by atoms with Crippen molar-refractivity contribution in [1.29, 1.82) is 0 Å². The Morgan fingerprint density at radius 2 is 1.88 bits per heavy atom. The number of amides is 1. The van der Waals surface area contributed by atoms with E-state index in [0.717, 1.165) is 19.3 Å². The molecule has 24 heavy (non-hydrogen) atoms. The normalized spacial score (nSPS) is 11.9. The molecule has 0 aliphatic heterocycles. The number of benzene rings is 2. The van der Waals surface area contributed by atoms with E-state index in [9.17, 15) is 18.5 Å². The van der Waals surface area contributed by atoms with E-state index >= 15 is 0 Å². The molecule has 1 unspecified atom stereocenters. The maximum absolute atomic E-state index is 13.0. The standard InChI is InChI=1S/C18H20FNO3S/c1-2-3-4-8-17(22)20-18-15(21)6-5-7-16(18)24(23)14-11-9-13(19)10-12-14/h5-7,9-12,21H,2-4,8H2,1H3,(H,20,22). The van der Waals surface area contributed by atoms with Gasteiger partial charge in [-0.1, -0.05) is 25.8 Å². The fourth-order valence-electron chi connectivity index (χ4n) is 2.22. The molecule has 1 amide bonds. The van der Waals surface area contributed by atoms with Gasteiger partial charge in [0.2, 0.25) is 5.91 Å². The first-order valence-electron chi connectivity index (χ1n) is 7.82. The molecule has 1 atom stereocenters. The summed E-state index contributed by atoms with van der Waals surface area (Å²) in [7, 11) is -1.64. The van der Waals surface area contributed by atoms with Crippen LogP contribution in [0.3, 0.4) is 0 Å². The molecular formula is C18H20FNO3S. The molecule has 0 fully saturated rings. The molecule has 0 bridgehead atoms. The van der Waals surface area contributed by atoms with Crippen LogP contribution in [0.1, 0.15) is 32.6 Å². The number of carbonyl (C=O) groups is 1. The average molecular weight is 349 g/mol. The second kappa shape index (κ2) is 8.59. The maximum Gasteiger partial charge on any atom is 0.224 e. The number of carbonyl (C=O) groups excluding carboxylic acids is 1. The number of phenolic OH excluding ortho intramolecular Hbond substituents is 1. The van der Waals surface area contributed by atoms with Gasteiger partial charge >= 0.3 is 0 Å². The molecule has 0 aromatic heterocycles. The number of aromatic hydroxyl groups is 1. The molecule has 2 rings (SSSR count). The van der Waals surface area contributed by atoms with Crippen LogP contribution in [0.25, 0.3) is 0 Å². The molecule has 0 spiro atoms. The lowest BCUT2D eigenvalue weighted by Gasteiger charge is -2.12. The summed E-state index contributed by atoms with van der Waals surface area (Å²) in [6.45, 7) is 2.05. The van der Waals surface area contributed by atoms with E-state index in [-0.39, 0.29) is 22.2 Å². The van der Waals surface area contributed by atoms with Gasteiger partial charge < -0.3 is 10.4 Å². The van der Waals surface area contributed by atoms with Gasteiger partial charge in [-0.05, 0) is 42.8 Å². The maximum atomic E-state index is 13.0. The highest BCUT2D eigenvalue weighted by molar-refractivity contribution is 7.85. The Bertz CT molecular complexity index is 732. The SMILES string of the molecule is CCCCCC(=O)Nc1c(O)cccc1S(=O)c1ccc(F)cc1. The molecule has 2 aromatic carbocycles. The lowest BCUT2D eigenvalue weighted by atomic mass is 10.2. The third-order valence-electron chi connectivity index (χ3n) is 3.50. The van der Waals surface area contributed by atoms with Gasteiger partial charge in [-0.2, -0.15) is 0 Å². The molecule has 0 saturated carbocycles. The van der Waals surface area contributed by atoms with Crippen LogP contribution >= 0.6 is 0 Å². The van der Waals surface area contributed by atoms with E-state index in [1.54, 1.807) is 12.1 Å². The van der Waals surface area contributed by atoms with Crippen molar-refractivity contribution in [1.82, 2.24) is 0 Å². The van der Waals surface area contributed by atoms with E-state index in [0.29, 0.717) is 11.3 Å². The summed E-state index contributed by atoms with van der Waals surface area (Å²) >= 11 is 0. The molecule has 0 heterocycles. The van der Waals surface area contributed by atoms with Gasteiger partial charge in [0.25, 0.3) is 0 Å². The summed E-state index contributed by atoms with van der Waals surface area (Å²) in [5, 5.41) is 12.7. The van der Waals surface area contributed by atoms with Crippen LogP contribution in [0.2, 0.25) is 0 Å². The lowest BCUT2D eigenvalue weighted by molar-refractivity contribution is -0.116. The summed E-state index contributed by atoms with van der Waals surface area (Å²) in [6.07, 6.45) is 3.05. The Morgan fingerprint density at radius 3 is 2.54 bits per heavy atom. The minimum atomic E-state index is -1.64. The summed E-state index contributed by atoms with van der Waals surface area (Å²) in [5.74, 6) is -0.801. The Balaban J connectivity index is 2.24. The van der Waals surface area contributed by atoms with Gasteiger partial charge in [0.1, 0.15) is 11.6 Å². The number of halogens is 1. The highest BCUT2D eigenvalue weighted by Gasteiger charge is 2.17. The predicted octanol–water partition coefficient (Wildman–Crippen LogP) is 4.22. The number of para-hydroxylation sites is 1. The van der Waals surface area contributed by atoms with Crippen molar-refractivity contribution in [3.05, 3.63) is 48.3 Å². The lowest BCUT2D eigenvalue weighted by Crippen LogP contribution is -2.13. The van der Waals surface area contributed by atoms with Crippen molar-refractivity contribution >= 4 is 22.4 Å². The second-order valence-electron chi connectivity index (χ2n) is 5.38. The molecule has 6 heteroatoms. The summed E-state index contributed by atoms with van der Waals surface area (Å²) in [4.78, 5) is 12.7. The van der Waals surface area contributed by atoms with E-state index in [2.05, 4.69) is 5.32 Å². The first-order valence-corrected chi connectivity index (χ1v) is 8.97. The molecule has 0 saturated heterocycles. The monoisotopic (exact) mass is 349 g/mol. The number of rotatable bonds is 7. The van der Waals surface area contributed by atoms with Crippen LogP contribution in [0, 0.1) is 5.82 Å². The summed E-state index contributed by atoms with van der Waals surface area (Å²) in [6, 6.07) is 9.83. The summed E-state index contributed by atoms with van der Waals surface area (Å²) in [5.41, 5.74) is 0.140. The summed E-state index contributed by atoms with van der Waals surface area (Å²) < 4.78 is 25.7. The smallest absolute Gasteiger partial charge is 0.224 e. The van der Waals surface area contributed by atoms with Crippen LogP contribution in [0.4, 0.5) is 10.1 Å². The molecular weight excluding hydrogens is 329 g/mol. The highest BCUT2D eigenvalue weighted by Crippen LogP contribution is 2.32. The van der Waals surface area contributed by atoms with Gasteiger partial charge in [0.05, 0.1) is 21.4 Å². The number of nitrogens with one attached hydrogen (secondary N) is 1. The van der Waals surface area contributed by atoms with Crippen molar-refractivity contribution in [3.8, 4) is 5.75 Å². The minimum Gasteiger partial charge on any atom is -0.506 e. The zero-order chi connectivity index (χ0) is 17.5. The van der Waals surface area contributed by atoms with Gasteiger partial charge in [0, 0.05) is 11.3 Å². The van der Waals surface area contributed by atoms with Crippen molar-refractivity contribution in [3.63, 3.8) is 0 Å². The Hall–Kier alpha value is -2.21. The Labute approximate surface area is 143 Å². The Morgan fingerprint density at radius 1 is 1.17 bits per heavy atom. The number of hydrogen-bond donors (Lipinski definition) is 2. The Kier molecular flexibility index (Phi) is 6.49. The third kappa shape index (κ3) is 4.64. The molecule has 4 nitrogen and oxygen atoms in total. The van der Waals surface area contributed by atoms with E-state index < -0.39 is 16.6 Å². The highest BCUT2D eigenvalue weighted by atomic mass is 32.2. The number of phenols is 1. The van der Waals surface area contributed by atoms with Gasteiger partial charge in [0.15, 0.2) is 0 Å². The number of unbranched alkanes of at least 4 members (excludes halogenated alkanes) is 2. The fraction of sp³-hybridized carbons (Fsp3) is 0.278. The van der Waals surface area contributed by atoms with Crippen molar-refractivity contribution < 1.29 is 18.5 Å². The minimum absolute atomic E-state index is 0.140. The predicted molar refractivity (Wildman–Crippen MR) is 92.0 cm³/mol. The first kappa shape index (κ1) is 18.1. The number of hydrogen-bond acceptors (Lipinski definition) is 3. The van der Waals surface area contributed by atoms with Crippen molar-refractivity contribution in [2.45, 2.75) is 42.4 Å². The van der Waals surface area contributed by atoms with E-state index in [1.807, 2.05) is 6.92 Å². The van der Waals surface area contributed by atoms with Gasteiger partial charge in [-0.15, -0.1) is 0 Å². The molecule has 0 aliphatic carbocycles. The van der Waals surface area contributed by atoms with Crippen LogP contribution in [-0.2, 0) is 15.6 Å².